The molecule has 0 unspecified atom stereocenters. The summed E-state index contributed by atoms with van der Waals surface area (Å²) in [5, 5.41) is 5.73. The lowest BCUT2D eigenvalue weighted by Gasteiger charge is -2.35. The average molecular weight is 444 g/mol. The van der Waals surface area contributed by atoms with Crippen LogP contribution in [0.1, 0.15) is 17.5 Å². The van der Waals surface area contributed by atoms with Crippen LogP contribution in [-0.2, 0) is 11.2 Å². The molecule has 0 radical (unpaired) electrons. The quantitative estimate of drug-likeness (QED) is 0.586. The van der Waals surface area contributed by atoms with Crippen LogP contribution in [0.5, 0.6) is 0 Å². The number of carbonyl (C=O) groups excluding carboxylic acids is 2. The number of hydrogen-bond acceptors (Lipinski definition) is 4. The third-order valence-electron chi connectivity index (χ3n) is 5.73. The minimum Gasteiger partial charge on any atom is -0.353 e. The van der Waals surface area contributed by atoms with Gasteiger partial charge in [-0.2, -0.15) is 0 Å². The second-order valence-electron chi connectivity index (χ2n) is 8.01. The van der Waals surface area contributed by atoms with Crippen molar-refractivity contribution < 1.29 is 9.59 Å². The van der Waals surface area contributed by atoms with Crippen LogP contribution in [0.2, 0.25) is 0 Å². The molecule has 0 spiro atoms. The molecular weight excluding hydrogens is 414 g/mol. The molecule has 1 aliphatic heterocycles. The molecule has 0 atom stereocenters. The van der Waals surface area contributed by atoms with E-state index in [2.05, 4.69) is 32.7 Å². The molecule has 0 aliphatic carbocycles. The number of aromatic nitrogens is 1. The van der Waals surface area contributed by atoms with Crippen molar-refractivity contribution in [3.8, 4) is 0 Å². The van der Waals surface area contributed by atoms with Crippen molar-refractivity contribution >= 4 is 23.4 Å². The number of anilines is 2. The van der Waals surface area contributed by atoms with E-state index < -0.39 is 0 Å². The monoisotopic (exact) mass is 443 g/mol. The summed E-state index contributed by atoms with van der Waals surface area (Å²) < 4.78 is 0. The van der Waals surface area contributed by atoms with Crippen LogP contribution >= 0.6 is 0 Å². The van der Waals surface area contributed by atoms with Crippen LogP contribution in [0.4, 0.5) is 16.3 Å². The summed E-state index contributed by atoms with van der Waals surface area (Å²) >= 11 is 0. The van der Waals surface area contributed by atoms with Crippen LogP contribution in [0, 0.1) is 0 Å². The summed E-state index contributed by atoms with van der Waals surface area (Å²) in [6.07, 6.45) is 2.80. The maximum atomic E-state index is 12.6. The number of pyridine rings is 1. The Morgan fingerprint density at radius 2 is 1.58 bits per heavy atom. The van der Waals surface area contributed by atoms with Crippen molar-refractivity contribution in [2.24, 2.45) is 0 Å². The predicted molar refractivity (Wildman–Crippen MR) is 130 cm³/mol. The SMILES string of the molecule is O=C(NCCC(=O)N1CCN(c2ccccn2)CC1)Nc1ccccc1Cc1ccccc1. The first kappa shape index (κ1) is 22.3. The van der Waals surface area contributed by atoms with Gasteiger partial charge in [0.2, 0.25) is 5.91 Å². The minimum absolute atomic E-state index is 0.0560. The van der Waals surface area contributed by atoms with Crippen molar-refractivity contribution in [1.82, 2.24) is 15.2 Å². The van der Waals surface area contributed by atoms with E-state index in [1.165, 1.54) is 5.56 Å². The molecule has 1 saturated heterocycles. The van der Waals surface area contributed by atoms with E-state index >= 15 is 0 Å². The molecule has 2 N–H and O–H groups in total. The van der Waals surface area contributed by atoms with E-state index in [1.807, 2.05) is 65.6 Å². The average Bonchev–Trinajstić information content (AvgIpc) is 2.86. The van der Waals surface area contributed by atoms with E-state index in [-0.39, 0.29) is 18.4 Å². The second-order valence-corrected chi connectivity index (χ2v) is 8.01. The van der Waals surface area contributed by atoms with Crippen LogP contribution < -0.4 is 15.5 Å². The van der Waals surface area contributed by atoms with E-state index in [1.54, 1.807) is 6.20 Å². The Bertz CT molecular complexity index is 1050. The highest BCUT2D eigenvalue weighted by atomic mass is 16.2. The lowest BCUT2D eigenvalue weighted by Crippen LogP contribution is -2.49. The number of nitrogens with one attached hydrogen (secondary N) is 2. The Morgan fingerprint density at radius 3 is 2.33 bits per heavy atom. The maximum absolute atomic E-state index is 12.6. The maximum Gasteiger partial charge on any atom is 0.319 e. The number of hydrogen-bond donors (Lipinski definition) is 2. The predicted octanol–water partition coefficient (Wildman–Crippen LogP) is 3.53. The number of carbonyl (C=O) groups is 2. The van der Waals surface area contributed by atoms with Crippen LogP contribution in [-0.4, -0.2) is 54.5 Å². The van der Waals surface area contributed by atoms with Crippen molar-refractivity contribution in [3.63, 3.8) is 0 Å². The molecule has 170 valence electrons. The number of benzene rings is 2. The standard InChI is InChI=1S/C26H29N5O2/c32-25(31-18-16-30(17-19-31)24-12-6-7-14-27-24)13-15-28-26(33)29-23-11-5-4-10-22(23)20-21-8-2-1-3-9-21/h1-12,14H,13,15-20H2,(H2,28,29,33). The molecule has 3 aromatic rings. The van der Waals surface area contributed by atoms with Gasteiger partial charge in [0.05, 0.1) is 0 Å². The summed E-state index contributed by atoms with van der Waals surface area (Å²) in [5.41, 5.74) is 3.00. The molecule has 0 bridgehead atoms. The Kier molecular flexibility index (Phi) is 7.53. The van der Waals surface area contributed by atoms with E-state index in [0.717, 1.165) is 36.6 Å². The highest BCUT2D eigenvalue weighted by molar-refractivity contribution is 5.90. The zero-order valence-corrected chi connectivity index (χ0v) is 18.6. The van der Waals surface area contributed by atoms with Gasteiger partial charge in [-0.15, -0.1) is 0 Å². The summed E-state index contributed by atoms with van der Waals surface area (Å²) in [7, 11) is 0. The number of para-hydroxylation sites is 1. The molecule has 7 nitrogen and oxygen atoms in total. The fraction of sp³-hybridized carbons (Fsp3) is 0.269. The highest BCUT2D eigenvalue weighted by Crippen LogP contribution is 2.19. The van der Waals surface area contributed by atoms with Crippen molar-refractivity contribution in [2.75, 3.05) is 42.9 Å². The van der Waals surface area contributed by atoms with E-state index in [0.29, 0.717) is 19.6 Å². The van der Waals surface area contributed by atoms with Crippen LogP contribution in [0.3, 0.4) is 0 Å². The fourth-order valence-corrected chi connectivity index (χ4v) is 3.95. The molecule has 1 aliphatic rings. The van der Waals surface area contributed by atoms with Gasteiger partial charge in [0.1, 0.15) is 5.82 Å². The van der Waals surface area contributed by atoms with Gasteiger partial charge in [0, 0.05) is 51.0 Å². The summed E-state index contributed by atoms with van der Waals surface area (Å²) in [5.74, 6) is 0.996. The molecule has 2 heterocycles. The van der Waals surface area contributed by atoms with Gasteiger partial charge in [-0.05, 0) is 35.7 Å². The smallest absolute Gasteiger partial charge is 0.319 e. The number of nitrogens with zero attached hydrogens (tertiary/aromatic N) is 3. The molecule has 0 saturated carbocycles. The third kappa shape index (κ3) is 6.32. The van der Waals surface area contributed by atoms with Crippen molar-refractivity contribution in [1.29, 1.82) is 0 Å². The molecule has 33 heavy (non-hydrogen) atoms. The zero-order chi connectivity index (χ0) is 22.9. The number of amides is 3. The fourth-order valence-electron chi connectivity index (χ4n) is 3.95. The molecule has 4 rings (SSSR count). The summed E-state index contributed by atoms with van der Waals surface area (Å²) in [4.78, 5) is 33.4. The summed E-state index contributed by atoms with van der Waals surface area (Å²) in [6.45, 7) is 3.14. The van der Waals surface area contributed by atoms with E-state index in [9.17, 15) is 9.59 Å². The lowest BCUT2D eigenvalue weighted by molar-refractivity contribution is -0.131. The van der Waals surface area contributed by atoms with Crippen molar-refractivity contribution in [3.05, 3.63) is 90.1 Å². The number of piperazine rings is 1. The number of urea groups is 1. The normalized spacial score (nSPS) is 13.5. The van der Waals surface area contributed by atoms with Crippen LogP contribution in [0.15, 0.2) is 79.0 Å². The van der Waals surface area contributed by atoms with Gasteiger partial charge in [-0.1, -0.05) is 54.6 Å². The third-order valence-corrected chi connectivity index (χ3v) is 5.73. The van der Waals surface area contributed by atoms with E-state index in [4.69, 9.17) is 0 Å². The lowest BCUT2D eigenvalue weighted by atomic mass is 10.0. The Morgan fingerprint density at radius 1 is 0.848 bits per heavy atom. The second kappa shape index (κ2) is 11.1. The first-order valence-corrected chi connectivity index (χ1v) is 11.3. The molecule has 1 aromatic heterocycles. The van der Waals surface area contributed by atoms with Crippen molar-refractivity contribution in [2.45, 2.75) is 12.8 Å². The zero-order valence-electron chi connectivity index (χ0n) is 18.6. The van der Waals surface area contributed by atoms with Gasteiger partial charge < -0.3 is 20.4 Å². The first-order valence-electron chi connectivity index (χ1n) is 11.3. The molecular formula is C26H29N5O2. The van der Waals surface area contributed by atoms with Gasteiger partial charge in [0.25, 0.3) is 0 Å². The molecule has 3 amide bonds. The van der Waals surface area contributed by atoms with Crippen LogP contribution in [0.25, 0.3) is 0 Å². The van der Waals surface area contributed by atoms with Gasteiger partial charge in [0.15, 0.2) is 0 Å². The Labute approximate surface area is 194 Å². The number of rotatable bonds is 7. The topological polar surface area (TPSA) is 77.6 Å². The van der Waals surface area contributed by atoms with Gasteiger partial charge in [-0.25, -0.2) is 9.78 Å². The van der Waals surface area contributed by atoms with Gasteiger partial charge in [-0.3, -0.25) is 4.79 Å². The Balaban J connectivity index is 1.21. The summed E-state index contributed by atoms with van der Waals surface area (Å²) in [6, 6.07) is 23.5. The Hall–Kier alpha value is -3.87. The molecule has 7 heteroatoms. The molecule has 2 aromatic carbocycles. The highest BCUT2D eigenvalue weighted by Gasteiger charge is 2.21. The van der Waals surface area contributed by atoms with Gasteiger partial charge >= 0.3 is 6.03 Å². The largest absolute Gasteiger partial charge is 0.353 e. The minimum atomic E-state index is -0.303. The molecule has 1 fully saturated rings. The first-order chi connectivity index (χ1) is 16.2.